The van der Waals surface area contributed by atoms with E-state index in [0.717, 1.165) is 24.3 Å². The standard InChI is InChI=1S/C15H20N4O/c1-9(2)19-8-7-15(19,3)14-17-11-6-4-5-10(13(16)20)12(11)18-14/h4-6,9H,7-8H2,1-3H3,(H2,16,20)(H,17,18). The van der Waals surface area contributed by atoms with Crippen LogP contribution in [0.1, 0.15) is 43.4 Å². The van der Waals surface area contributed by atoms with Crippen LogP contribution < -0.4 is 5.73 Å². The molecule has 106 valence electrons. The molecule has 1 aromatic heterocycles. The number of H-pyrrole nitrogens is 1. The number of likely N-dealkylation sites (tertiary alicyclic amines) is 1. The molecule has 3 N–H and O–H groups in total. The minimum atomic E-state index is -0.437. The largest absolute Gasteiger partial charge is 0.366 e. The Morgan fingerprint density at radius 3 is 2.80 bits per heavy atom. The Morgan fingerprint density at radius 2 is 2.25 bits per heavy atom. The molecular formula is C15H20N4O. The van der Waals surface area contributed by atoms with E-state index in [2.05, 4.69) is 35.6 Å². The van der Waals surface area contributed by atoms with Gasteiger partial charge in [0.2, 0.25) is 0 Å². The lowest BCUT2D eigenvalue weighted by molar-refractivity contribution is -0.0364. The first-order chi connectivity index (χ1) is 9.43. The van der Waals surface area contributed by atoms with Crippen molar-refractivity contribution in [3.05, 3.63) is 29.6 Å². The lowest BCUT2D eigenvalue weighted by atomic mass is 9.84. The fraction of sp³-hybridized carbons (Fsp3) is 0.467. The van der Waals surface area contributed by atoms with Gasteiger partial charge in [-0.1, -0.05) is 6.07 Å². The highest BCUT2D eigenvalue weighted by atomic mass is 16.1. The summed E-state index contributed by atoms with van der Waals surface area (Å²) in [6.07, 6.45) is 1.07. The van der Waals surface area contributed by atoms with Gasteiger partial charge in [0.1, 0.15) is 11.3 Å². The van der Waals surface area contributed by atoms with E-state index in [9.17, 15) is 4.79 Å². The van der Waals surface area contributed by atoms with Gasteiger partial charge in [0.05, 0.1) is 16.6 Å². The number of nitrogens with two attached hydrogens (primary N) is 1. The maximum atomic E-state index is 11.5. The number of nitrogens with one attached hydrogen (secondary N) is 1. The summed E-state index contributed by atoms with van der Waals surface area (Å²) in [4.78, 5) is 21.9. The van der Waals surface area contributed by atoms with E-state index in [-0.39, 0.29) is 5.54 Å². The van der Waals surface area contributed by atoms with Gasteiger partial charge < -0.3 is 10.7 Å². The summed E-state index contributed by atoms with van der Waals surface area (Å²) in [7, 11) is 0. The molecular weight excluding hydrogens is 252 g/mol. The third kappa shape index (κ3) is 1.73. The predicted octanol–water partition coefficient (Wildman–Crippen LogP) is 1.99. The molecule has 1 aliphatic rings. The van der Waals surface area contributed by atoms with Crippen molar-refractivity contribution < 1.29 is 4.79 Å². The van der Waals surface area contributed by atoms with Crippen LogP contribution in [0.3, 0.4) is 0 Å². The number of primary amides is 1. The van der Waals surface area contributed by atoms with E-state index in [1.165, 1.54) is 0 Å². The van der Waals surface area contributed by atoms with Crippen molar-refractivity contribution in [3.8, 4) is 0 Å². The van der Waals surface area contributed by atoms with Crippen LogP contribution in [0.2, 0.25) is 0 Å². The third-order valence-corrected chi connectivity index (χ3v) is 4.39. The first kappa shape index (κ1) is 13.1. The molecule has 1 unspecified atom stereocenters. The average molecular weight is 272 g/mol. The fourth-order valence-corrected chi connectivity index (χ4v) is 3.14. The number of hydrogen-bond acceptors (Lipinski definition) is 3. The Balaban J connectivity index is 2.10. The number of aromatic amines is 1. The molecule has 1 atom stereocenters. The SMILES string of the molecule is CC(C)N1CCC1(C)c1nc2c(C(N)=O)cccc2[nH]1. The molecule has 3 rings (SSSR count). The number of benzene rings is 1. The van der Waals surface area contributed by atoms with Crippen LogP contribution in [-0.4, -0.2) is 33.4 Å². The molecule has 1 saturated heterocycles. The van der Waals surface area contributed by atoms with Crippen molar-refractivity contribution in [1.29, 1.82) is 0 Å². The highest BCUT2D eigenvalue weighted by molar-refractivity contribution is 6.04. The Bertz CT molecular complexity index is 676. The summed E-state index contributed by atoms with van der Waals surface area (Å²) in [6.45, 7) is 7.65. The highest BCUT2D eigenvalue weighted by Gasteiger charge is 2.45. The van der Waals surface area contributed by atoms with Crippen molar-refractivity contribution in [2.24, 2.45) is 5.73 Å². The Kier molecular flexibility index (Phi) is 2.83. The molecule has 20 heavy (non-hydrogen) atoms. The van der Waals surface area contributed by atoms with Gasteiger partial charge in [-0.3, -0.25) is 9.69 Å². The molecule has 0 aliphatic carbocycles. The molecule has 5 heteroatoms. The number of imidazole rings is 1. The van der Waals surface area contributed by atoms with Crippen molar-refractivity contribution in [1.82, 2.24) is 14.9 Å². The third-order valence-electron chi connectivity index (χ3n) is 4.39. The van der Waals surface area contributed by atoms with Gasteiger partial charge in [-0.15, -0.1) is 0 Å². The zero-order valence-corrected chi connectivity index (χ0v) is 12.1. The molecule has 1 aromatic carbocycles. The van der Waals surface area contributed by atoms with E-state index in [4.69, 9.17) is 5.73 Å². The molecule has 2 heterocycles. The maximum Gasteiger partial charge on any atom is 0.250 e. The van der Waals surface area contributed by atoms with Crippen molar-refractivity contribution in [2.75, 3.05) is 6.54 Å². The molecule has 0 radical (unpaired) electrons. The summed E-state index contributed by atoms with van der Waals surface area (Å²) in [5.41, 5.74) is 7.35. The maximum absolute atomic E-state index is 11.5. The van der Waals surface area contributed by atoms with Gasteiger partial charge in [-0.05, 0) is 39.3 Å². The van der Waals surface area contributed by atoms with E-state index in [1.54, 1.807) is 6.07 Å². The summed E-state index contributed by atoms with van der Waals surface area (Å²) in [6, 6.07) is 5.95. The summed E-state index contributed by atoms with van der Waals surface area (Å²) < 4.78 is 0. The minimum Gasteiger partial charge on any atom is -0.366 e. The van der Waals surface area contributed by atoms with Gasteiger partial charge in [-0.2, -0.15) is 0 Å². The smallest absolute Gasteiger partial charge is 0.250 e. The molecule has 1 amide bonds. The normalized spacial score (nSPS) is 23.2. The lowest BCUT2D eigenvalue weighted by Crippen LogP contribution is -2.58. The summed E-state index contributed by atoms with van der Waals surface area (Å²) in [5.74, 6) is 0.481. The minimum absolute atomic E-state index is 0.0812. The van der Waals surface area contributed by atoms with Crippen LogP contribution in [-0.2, 0) is 5.54 Å². The van der Waals surface area contributed by atoms with Crippen molar-refractivity contribution in [2.45, 2.75) is 38.8 Å². The first-order valence-corrected chi connectivity index (χ1v) is 6.99. The van der Waals surface area contributed by atoms with Crippen LogP contribution in [0, 0.1) is 0 Å². The second-order valence-corrected chi connectivity index (χ2v) is 5.96. The van der Waals surface area contributed by atoms with Crippen LogP contribution in [0.25, 0.3) is 11.0 Å². The lowest BCUT2D eigenvalue weighted by Gasteiger charge is -2.51. The van der Waals surface area contributed by atoms with E-state index in [1.807, 2.05) is 12.1 Å². The molecule has 0 bridgehead atoms. The van der Waals surface area contributed by atoms with E-state index in [0.29, 0.717) is 17.1 Å². The van der Waals surface area contributed by atoms with Crippen LogP contribution in [0.4, 0.5) is 0 Å². The van der Waals surface area contributed by atoms with E-state index < -0.39 is 5.91 Å². The number of rotatable bonds is 3. The first-order valence-electron chi connectivity index (χ1n) is 6.99. The predicted molar refractivity (Wildman–Crippen MR) is 78.4 cm³/mol. The summed E-state index contributed by atoms with van der Waals surface area (Å²) >= 11 is 0. The quantitative estimate of drug-likeness (QED) is 0.897. The molecule has 1 fully saturated rings. The van der Waals surface area contributed by atoms with E-state index >= 15 is 0 Å². The fourth-order valence-electron chi connectivity index (χ4n) is 3.14. The van der Waals surface area contributed by atoms with Crippen LogP contribution in [0.15, 0.2) is 18.2 Å². The number of para-hydroxylation sites is 1. The number of fused-ring (bicyclic) bond motifs is 1. The Morgan fingerprint density at radius 1 is 1.50 bits per heavy atom. The van der Waals surface area contributed by atoms with Crippen LogP contribution in [0.5, 0.6) is 0 Å². The zero-order valence-electron chi connectivity index (χ0n) is 12.1. The van der Waals surface area contributed by atoms with Crippen molar-refractivity contribution >= 4 is 16.9 Å². The molecule has 0 saturated carbocycles. The second kappa shape index (κ2) is 4.31. The number of nitrogens with zero attached hydrogens (tertiary/aromatic N) is 2. The molecule has 2 aromatic rings. The average Bonchev–Trinajstić information content (AvgIpc) is 2.79. The Hall–Kier alpha value is -1.88. The topological polar surface area (TPSA) is 75.0 Å². The summed E-state index contributed by atoms with van der Waals surface area (Å²) in [5, 5.41) is 0. The van der Waals surface area contributed by atoms with Gasteiger partial charge in [0.25, 0.3) is 5.91 Å². The van der Waals surface area contributed by atoms with Gasteiger partial charge in [0, 0.05) is 12.6 Å². The number of aromatic nitrogens is 2. The molecule has 5 nitrogen and oxygen atoms in total. The number of carbonyl (C=O) groups is 1. The zero-order chi connectivity index (χ0) is 14.5. The van der Waals surface area contributed by atoms with Gasteiger partial charge >= 0.3 is 0 Å². The second-order valence-electron chi connectivity index (χ2n) is 5.96. The number of carbonyl (C=O) groups excluding carboxylic acids is 1. The van der Waals surface area contributed by atoms with Gasteiger partial charge in [0.15, 0.2) is 0 Å². The number of amides is 1. The monoisotopic (exact) mass is 272 g/mol. The number of hydrogen-bond donors (Lipinski definition) is 2. The van der Waals surface area contributed by atoms with Crippen LogP contribution >= 0.6 is 0 Å². The highest BCUT2D eigenvalue weighted by Crippen LogP contribution is 2.40. The van der Waals surface area contributed by atoms with Crippen molar-refractivity contribution in [3.63, 3.8) is 0 Å². The Labute approximate surface area is 118 Å². The molecule has 1 aliphatic heterocycles. The van der Waals surface area contributed by atoms with Gasteiger partial charge in [-0.25, -0.2) is 4.98 Å². The molecule has 0 spiro atoms.